The van der Waals surface area contributed by atoms with Crippen LogP contribution in [0.15, 0.2) is 42.5 Å². The molecule has 0 amide bonds. The molecule has 0 heterocycles. The van der Waals surface area contributed by atoms with Crippen LogP contribution in [0.4, 0.5) is 0 Å². The number of rotatable bonds is 8. The van der Waals surface area contributed by atoms with Gasteiger partial charge in [-0.25, -0.2) is 0 Å². The van der Waals surface area contributed by atoms with Crippen molar-refractivity contribution in [2.24, 2.45) is 5.92 Å². The molecule has 3 unspecified atom stereocenters. The number of Topliss-reactive ketones (excluding diaryl/α,β-unsaturated/α-hetero) is 1. The number of esters is 1. The zero-order valence-electron chi connectivity index (χ0n) is 18.5. The highest BCUT2D eigenvalue weighted by Crippen LogP contribution is 2.48. The molecule has 2 aromatic rings. The lowest BCUT2D eigenvalue weighted by atomic mass is 9.75. The van der Waals surface area contributed by atoms with Gasteiger partial charge in [-0.05, 0) is 54.2 Å². The standard InChI is InChI=1S/C25H28Cl2O4S/c1-16-5-4-12-25(14-16,32-15-17-6-9-19(30-2)10-7-17)23(28)22(24(29)31-3)20-11-8-18(26)13-21(20)27/h6-11,13,16,22H,4-5,12,14-15H2,1-3H3. The smallest absolute Gasteiger partial charge is 0.320 e. The van der Waals surface area contributed by atoms with E-state index in [-0.39, 0.29) is 5.78 Å². The average molecular weight is 495 g/mol. The molecule has 3 atom stereocenters. The van der Waals surface area contributed by atoms with Crippen LogP contribution in [0.25, 0.3) is 0 Å². The monoisotopic (exact) mass is 494 g/mol. The SMILES string of the molecule is COC(=O)C(C(=O)C1(SCc2ccc(OC)cc2)CCCC(C)C1)c1ccc(Cl)cc1Cl. The van der Waals surface area contributed by atoms with E-state index < -0.39 is 16.6 Å². The van der Waals surface area contributed by atoms with Gasteiger partial charge in [-0.2, -0.15) is 0 Å². The van der Waals surface area contributed by atoms with Crippen LogP contribution < -0.4 is 4.74 Å². The molecule has 7 heteroatoms. The van der Waals surface area contributed by atoms with Gasteiger partial charge in [0.05, 0.1) is 19.0 Å². The highest BCUT2D eigenvalue weighted by Gasteiger charge is 2.48. The lowest BCUT2D eigenvalue weighted by Gasteiger charge is -2.40. The Morgan fingerprint density at radius 3 is 2.47 bits per heavy atom. The van der Waals surface area contributed by atoms with E-state index in [0.717, 1.165) is 30.6 Å². The van der Waals surface area contributed by atoms with Crippen molar-refractivity contribution >= 4 is 46.7 Å². The molecule has 4 nitrogen and oxygen atoms in total. The van der Waals surface area contributed by atoms with E-state index >= 15 is 0 Å². The van der Waals surface area contributed by atoms with Gasteiger partial charge in [-0.15, -0.1) is 11.8 Å². The molecule has 1 aliphatic rings. The first-order valence-corrected chi connectivity index (χ1v) is 12.4. The third-order valence-electron chi connectivity index (χ3n) is 6.05. The fraction of sp³-hybridized carbons (Fsp3) is 0.440. The summed E-state index contributed by atoms with van der Waals surface area (Å²) >= 11 is 14.1. The number of hydrogen-bond donors (Lipinski definition) is 0. The van der Waals surface area contributed by atoms with Gasteiger partial charge in [0.1, 0.15) is 11.7 Å². The fourth-order valence-corrected chi connectivity index (χ4v) is 6.47. The van der Waals surface area contributed by atoms with Crippen molar-refractivity contribution < 1.29 is 19.1 Å². The van der Waals surface area contributed by atoms with Gasteiger partial charge >= 0.3 is 5.97 Å². The maximum atomic E-state index is 14.1. The van der Waals surface area contributed by atoms with E-state index in [9.17, 15) is 9.59 Å². The van der Waals surface area contributed by atoms with Crippen molar-refractivity contribution in [3.8, 4) is 5.75 Å². The van der Waals surface area contributed by atoms with Gasteiger partial charge in [0, 0.05) is 15.8 Å². The fourth-order valence-electron chi connectivity index (χ4n) is 4.36. The molecule has 1 aliphatic carbocycles. The molecule has 0 aromatic heterocycles. The van der Waals surface area contributed by atoms with Crippen molar-refractivity contribution in [3.05, 3.63) is 63.6 Å². The summed E-state index contributed by atoms with van der Waals surface area (Å²) in [5.41, 5.74) is 1.54. The van der Waals surface area contributed by atoms with Gasteiger partial charge in [0.2, 0.25) is 0 Å². The zero-order valence-corrected chi connectivity index (χ0v) is 20.9. The molecule has 3 rings (SSSR count). The van der Waals surface area contributed by atoms with Gasteiger partial charge in [0.15, 0.2) is 5.78 Å². The maximum Gasteiger partial charge on any atom is 0.320 e. The molecule has 0 aliphatic heterocycles. The van der Waals surface area contributed by atoms with E-state index in [0.29, 0.717) is 33.7 Å². The van der Waals surface area contributed by atoms with Crippen LogP contribution in [-0.4, -0.2) is 30.7 Å². The van der Waals surface area contributed by atoms with E-state index in [1.165, 1.54) is 7.11 Å². The molecule has 0 spiro atoms. The summed E-state index contributed by atoms with van der Waals surface area (Å²) in [4.78, 5) is 26.9. The largest absolute Gasteiger partial charge is 0.497 e. The number of benzene rings is 2. The molecule has 1 saturated carbocycles. The van der Waals surface area contributed by atoms with Crippen molar-refractivity contribution in [2.45, 2.75) is 49.0 Å². The Morgan fingerprint density at radius 1 is 1.16 bits per heavy atom. The molecule has 0 radical (unpaired) electrons. The zero-order chi connectivity index (χ0) is 23.3. The summed E-state index contributed by atoms with van der Waals surface area (Å²) in [6.07, 6.45) is 3.44. The predicted molar refractivity (Wildman–Crippen MR) is 131 cm³/mol. The molecule has 0 saturated heterocycles. The summed E-state index contributed by atoms with van der Waals surface area (Å²) in [6, 6.07) is 12.7. The molecular weight excluding hydrogens is 467 g/mol. The highest BCUT2D eigenvalue weighted by atomic mass is 35.5. The second-order valence-electron chi connectivity index (χ2n) is 8.32. The lowest BCUT2D eigenvalue weighted by Crippen LogP contribution is -2.45. The number of thioether (sulfide) groups is 1. The molecule has 1 fully saturated rings. The van der Waals surface area contributed by atoms with Crippen LogP contribution in [0, 0.1) is 5.92 Å². The van der Waals surface area contributed by atoms with Crippen LogP contribution in [0.3, 0.4) is 0 Å². The molecule has 0 N–H and O–H groups in total. The van der Waals surface area contributed by atoms with E-state index in [2.05, 4.69) is 6.92 Å². The number of methoxy groups -OCH3 is 2. The van der Waals surface area contributed by atoms with Gasteiger partial charge in [-0.3, -0.25) is 9.59 Å². The van der Waals surface area contributed by atoms with E-state index in [4.69, 9.17) is 32.7 Å². The molecule has 0 bridgehead atoms. The van der Waals surface area contributed by atoms with E-state index in [1.54, 1.807) is 37.1 Å². The number of ether oxygens (including phenoxy) is 2. The molecular formula is C25H28Cl2O4S. The van der Waals surface area contributed by atoms with Crippen molar-refractivity contribution in [3.63, 3.8) is 0 Å². The van der Waals surface area contributed by atoms with Crippen molar-refractivity contribution in [1.82, 2.24) is 0 Å². The summed E-state index contributed by atoms with van der Waals surface area (Å²) in [5.74, 6) is 0.0120. The Morgan fingerprint density at radius 2 is 1.88 bits per heavy atom. The first kappa shape index (κ1) is 24.9. The second kappa shape index (κ2) is 11.0. The minimum absolute atomic E-state index is 0.140. The normalized spacial score (nSPS) is 21.6. The summed E-state index contributed by atoms with van der Waals surface area (Å²) in [5, 5.41) is 0.741. The minimum Gasteiger partial charge on any atom is -0.497 e. The topological polar surface area (TPSA) is 52.6 Å². The van der Waals surface area contributed by atoms with E-state index in [1.807, 2.05) is 24.3 Å². The molecule has 2 aromatic carbocycles. The summed E-state index contributed by atoms with van der Waals surface area (Å²) in [7, 11) is 2.93. The number of hydrogen-bond acceptors (Lipinski definition) is 5. The molecule has 32 heavy (non-hydrogen) atoms. The quantitative estimate of drug-likeness (QED) is 0.301. The minimum atomic E-state index is -1.08. The van der Waals surface area contributed by atoms with Crippen LogP contribution in [0.1, 0.15) is 49.7 Å². The highest BCUT2D eigenvalue weighted by molar-refractivity contribution is 8.00. The first-order valence-electron chi connectivity index (χ1n) is 10.6. The number of halogens is 2. The van der Waals surface area contributed by atoms with Gasteiger partial charge in [0.25, 0.3) is 0 Å². The summed E-state index contributed by atoms with van der Waals surface area (Å²) in [6.45, 7) is 2.16. The van der Waals surface area contributed by atoms with Crippen molar-refractivity contribution in [2.75, 3.05) is 14.2 Å². The van der Waals surface area contributed by atoms with Gasteiger partial charge < -0.3 is 9.47 Å². The Labute approximate surface area is 204 Å². The second-order valence-corrected chi connectivity index (χ2v) is 10.5. The van der Waals surface area contributed by atoms with Gasteiger partial charge in [-0.1, -0.05) is 61.2 Å². The Hall–Kier alpha value is -1.69. The number of ketones is 1. The van der Waals surface area contributed by atoms with Crippen molar-refractivity contribution in [1.29, 1.82) is 0 Å². The van der Waals surface area contributed by atoms with Crippen LogP contribution in [-0.2, 0) is 20.1 Å². The molecule has 172 valence electrons. The number of carbonyl (C=O) groups excluding carboxylic acids is 2. The third kappa shape index (κ3) is 5.62. The predicted octanol–water partition coefficient (Wildman–Crippen LogP) is 6.71. The van der Waals surface area contributed by atoms with Crippen LogP contribution in [0.5, 0.6) is 5.75 Å². The Kier molecular flexibility index (Phi) is 8.54. The van der Waals surface area contributed by atoms with Crippen LogP contribution >= 0.6 is 35.0 Å². The van der Waals surface area contributed by atoms with Crippen LogP contribution in [0.2, 0.25) is 10.0 Å². The lowest BCUT2D eigenvalue weighted by molar-refractivity contribution is -0.146. The Balaban J connectivity index is 1.95. The summed E-state index contributed by atoms with van der Waals surface area (Å²) < 4.78 is 9.59. The number of carbonyl (C=O) groups is 2. The Bertz CT molecular complexity index is 963. The average Bonchev–Trinajstić information content (AvgIpc) is 2.79. The first-order chi connectivity index (χ1) is 15.3. The maximum absolute atomic E-state index is 14.1. The third-order valence-corrected chi connectivity index (χ3v) is 8.22.